The average molecular weight is 726 g/mol. The molecule has 52 heavy (non-hydrogen) atoms. The number of guanidine groups is 1. The van der Waals surface area contributed by atoms with Gasteiger partial charge in [0, 0.05) is 39.3 Å². The van der Waals surface area contributed by atoms with Crippen LogP contribution in [0.2, 0.25) is 0 Å². The Morgan fingerprint density at radius 1 is 0.846 bits per heavy atom. The number of ether oxygens (including phenoxy) is 3. The Balaban J connectivity index is 1.03. The van der Waals surface area contributed by atoms with Crippen LogP contribution in [0.5, 0.6) is 0 Å². The number of rotatable bonds is 18. The number of hydrogen-bond donors (Lipinski definition) is 0. The van der Waals surface area contributed by atoms with Crippen LogP contribution in [0.4, 0.5) is 0 Å². The molecule has 1 aliphatic heterocycles. The fraction of sp³-hybridized carbons (Fsp3) is 0.935. The molecule has 0 N–H and O–H groups in total. The zero-order chi connectivity index (χ0) is 37.9. The fourth-order valence-corrected chi connectivity index (χ4v) is 11.8. The highest BCUT2D eigenvalue weighted by atomic mass is 16.5. The minimum Gasteiger partial charge on any atom is -0.378 e. The lowest BCUT2D eigenvalue weighted by atomic mass is 9.47. The van der Waals surface area contributed by atoms with Crippen molar-refractivity contribution in [2.24, 2.45) is 51.3 Å². The van der Waals surface area contributed by atoms with Gasteiger partial charge in [0.15, 0.2) is 5.96 Å². The molecule has 6 unspecified atom stereocenters. The number of allylic oxidation sites excluding steroid dienone is 1. The molecule has 3 saturated carbocycles. The van der Waals surface area contributed by atoms with Crippen molar-refractivity contribution in [2.45, 2.75) is 183 Å². The molecule has 0 radical (unpaired) electrons. The molecule has 0 aromatic carbocycles. The Hall–Kier alpha value is -1.11. The lowest BCUT2D eigenvalue weighted by Gasteiger charge is -2.58. The number of aliphatic imine (C=N–C) groups is 1. The highest BCUT2D eigenvalue weighted by Gasteiger charge is 2.59. The van der Waals surface area contributed by atoms with Crippen LogP contribution in [-0.4, -0.2) is 85.6 Å². The van der Waals surface area contributed by atoms with Crippen LogP contribution in [0.15, 0.2) is 16.6 Å². The van der Waals surface area contributed by atoms with Crippen LogP contribution in [0.3, 0.4) is 0 Å². The first-order valence-electron chi connectivity index (χ1n) is 22.1. The summed E-state index contributed by atoms with van der Waals surface area (Å²) in [5, 5.41) is 0. The molecule has 4 aliphatic carbocycles. The first kappa shape index (κ1) is 42.0. The predicted molar refractivity (Wildman–Crippen MR) is 219 cm³/mol. The van der Waals surface area contributed by atoms with E-state index in [4.69, 9.17) is 19.2 Å². The lowest BCUT2D eigenvalue weighted by Crippen LogP contribution is -2.51. The predicted octanol–water partition coefficient (Wildman–Crippen LogP) is 10.8. The second-order valence-electron chi connectivity index (χ2n) is 20.7. The summed E-state index contributed by atoms with van der Waals surface area (Å²) in [6.45, 7) is 31.0. The summed E-state index contributed by atoms with van der Waals surface area (Å²) >= 11 is 0. The number of nitrogens with zero attached hydrogens (tertiary/aromatic N) is 3. The second kappa shape index (κ2) is 17.4. The van der Waals surface area contributed by atoms with Crippen molar-refractivity contribution in [1.29, 1.82) is 0 Å². The van der Waals surface area contributed by atoms with Crippen molar-refractivity contribution in [3.63, 3.8) is 0 Å². The molecule has 0 aromatic heterocycles. The second-order valence-corrected chi connectivity index (χ2v) is 20.7. The van der Waals surface area contributed by atoms with Crippen molar-refractivity contribution in [3.05, 3.63) is 11.6 Å². The third-order valence-corrected chi connectivity index (χ3v) is 15.1. The summed E-state index contributed by atoms with van der Waals surface area (Å²) in [5.74, 6) is 6.47. The standard InChI is InChI=1S/C46H83N3O3/c1-33(2)14-13-15-35(5)39-18-19-40-38-17-16-36-32-37(20-22-45(36,10)41(38)21-23-46(39,40)11)50-29-24-43(6,7)51-30-25-44(8,9)52-31-28-49-27-26-48(12)42(49)47-34(3)4/h16,33-35,37-41H,13-15,17-32H2,1-12H3/b47-42-/t35?,37?,38?,39?,40?,41?,45-,46+/m0/s1. The van der Waals surface area contributed by atoms with Crippen LogP contribution in [-0.2, 0) is 14.2 Å². The van der Waals surface area contributed by atoms with Gasteiger partial charge in [-0.15, -0.1) is 0 Å². The van der Waals surface area contributed by atoms with E-state index in [-0.39, 0.29) is 11.2 Å². The molecule has 0 bridgehead atoms. The Labute approximate surface area is 321 Å². The molecule has 0 aromatic rings. The van der Waals surface area contributed by atoms with Gasteiger partial charge >= 0.3 is 0 Å². The summed E-state index contributed by atoms with van der Waals surface area (Å²) < 4.78 is 19.5. The molecule has 300 valence electrons. The van der Waals surface area contributed by atoms with Gasteiger partial charge in [-0.3, -0.25) is 4.99 Å². The van der Waals surface area contributed by atoms with Crippen molar-refractivity contribution in [2.75, 3.05) is 46.5 Å². The van der Waals surface area contributed by atoms with E-state index in [1.807, 2.05) is 0 Å². The van der Waals surface area contributed by atoms with Crippen molar-refractivity contribution < 1.29 is 14.2 Å². The molecule has 5 aliphatic rings. The highest BCUT2D eigenvalue weighted by Crippen LogP contribution is 2.67. The summed E-state index contributed by atoms with van der Waals surface area (Å²) in [7, 11) is 2.13. The molecular formula is C46H83N3O3. The molecule has 4 fully saturated rings. The molecule has 6 nitrogen and oxygen atoms in total. The Morgan fingerprint density at radius 2 is 1.56 bits per heavy atom. The fourth-order valence-electron chi connectivity index (χ4n) is 11.8. The van der Waals surface area contributed by atoms with E-state index in [1.165, 1.54) is 64.2 Å². The first-order valence-corrected chi connectivity index (χ1v) is 22.1. The molecule has 0 amide bonds. The smallest absolute Gasteiger partial charge is 0.196 e. The number of hydrogen-bond acceptors (Lipinski definition) is 4. The molecule has 6 heteroatoms. The third-order valence-electron chi connectivity index (χ3n) is 15.1. The van der Waals surface area contributed by atoms with E-state index in [9.17, 15) is 0 Å². The summed E-state index contributed by atoms with van der Waals surface area (Å²) in [6.07, 6.45) is 20.0. The molecule has 1 saturated heterocycles. The summed E-state index contributed by atoms with van der Waals surface area (Å²) in [4.78, 5) is 9.44. The highest BCUT2D eigenvalue weighted by molar-refractivity contribution is 5.81. The van der Waals surface area contributed by atoms with E-state index in [1.54, 1.807) is 5.57 Å². The van der Waals surface area contributed by atoms with Gasteiger partial charge in [-0.25, -0.2) is 0 Å². The minimum atomic E-state index is -0.225. The maximum absolute atomic E-state index is 6.65. The van der Waals surface area contributed by atoms with Gasteiger partial charge in [0.2, 0.25) is 0 Å². The number of fused-ring (bicyclic) bond motifs is 5. The molecule has 0 spiro atoms. The molecular weight excluding hydrogens is 643 g/mol. The van der Waals surface area contributed by atoms with Crippen molar-refractivity contribution >= 4 is 5.96 Å². The minimum absolute atomic E-state index is 0.210. The maximum atomic E-state index is 6.65. The monoisotopic (exact) mass is 726 g/mol. The van der Waals surface area contributed by atoms with Crippen LogP contribution in [0.25, 0.3) is 0 Å². The first-order chi connectivity index (χ1) is 24.4. The van der Waals surface area contributed by atoms with Crippen molar-refractivity contribution in [1.82, 2.24) is 9.80 Å². The van der Waals surface area contributed by atoms with E-state index in [2.05, 4.69) is 99.1 Å². The van der Waals surface area contributed by atoms with Gasteiger partial charge in [0.1, 0.15) is 0 Å². The lowest BCUT2D eigenvalue weighted by molar-refractivity contribution is -0.0901. The van der Waals surface area contributed by atoms with Crippen LogP contribution >= 0.6 is 0 Å². The van der Waals surface area contributed by atoms with Crippen LogP contribution < -0.4 is 0 Å². The topological polar surface area (TPSA) is 46.5 Å². The van der Waals surface area contributed by atoms with Gasteiger partial charge < -0.3 is 24.0 Å². The SMILES string of the molecule is CC(C)CCCC(C)C1CCC2C3CC=C4CC(OCCC(C)(C)OCCC(C)(C)OCCN5CCN(C)/C5=N/C(C)C)CC[C@]4(C)C3CC[C@]12C. The van der Waals surface area contributed by atoms with E-state index < -0.39 is 0 Å². The van der Waals surface area contributed by atoms with E-state index >= 15 is 0 Å². The average Bonchev–Trinajstić information content (AvgIpc) is 3.59. The quantitative estimate of drug-likeness (QED) is 0.132. The number of likely N-dealkylation sites (N-methyl/N-ethyl adjacent to an activating group) is 1. The van der Waals surface area contributed by atoms with Crippen molar-refractivity contribution in [3.8, 4) is 0 Å². The molecule has 1 heterocycles. The van der Waals surface area contributed by atoms with Gasteiger partial charge in [0.25, 0.3) is 0 Å². The van der Waals surface area contributed by atoms with E-state index in [0.717, 1.165) is 87.0 Å². The van der Waals surface area contributed by atoms with Gasteiger partial charge in [-0.2, -0.15) is 0 Å². The van der Waals surface area contributed by atoms with Crippen LogP contribution in [0.1, 0.15) is 160 Å². The zero-order valence-corrected chi connectivity index (χ0v) is 36.2. The van der Waals surface area contributed by atoms with Crippen LogP contribution in [0, 0.1) is 46.3 Å². The summed E-state index contributed by atoms with van der Waals surface area (Å²) in [5.41, 5.74) is 2.26. The Morgan fingerprint density at radius 3 is 2.27 bits per heavy atom. The largest absolute Gasteiger partial charge is 0.378 e. The molecule has 5 rings (SSSR count). The third kappa shape index (κ3) is 10.00. The zero-order valence-electron chi connectivity index (χ0n) is 36.2. The Kier molecular flexibility index (Phi) is 14.0. The van der Waals surface area contributed by atoms with E-state index in [0.29, 0.717) is 36.2 Å². The summed E-state index contributed by atoms with van der Waals surface area (Å²) in [6, 6.07) is 0.300. The maximum Gasteiger partial charge on any atom is 0.196 e. The van der Waals surface area contributed by atoms with Gasteiger partial charge in [0.05, 0.1) is 30.5 Å². The Bertz CT molecular complexity index is 1210. The molecule has 8 atom stereocenters. The van der Waals surface area contributed by atoms with Gasteiger partial charge in [-0.1, -0.05) is 65.5 Å². The van der Waals surface area contributed by atoms with Gasteiger partial charge in [-0.05, 0) is 152 Å². The normalized spacial score (nSPS) is 33.8.